The minimum absolute atomic E-state index is 0.0667. The van der Waals surface area contributed by atoms with Crippen molar-refractivity contribution < 1.29 is 0 Å². The van der Waals surface area contributed by atoms with Gasteiger partial charge < -0.3 is 0 Å². The topological polar surface area (TPSA) is 55.9 Å². The fraction of sp³-hybridized carbons (Fsp3) is 0.438. The van der Waals surface area contributed by atoms with Gasteiger partial charge in [-0.25, -0.2) is 0 Å². The van der Waals surface area contributed by atoms with Gasteiger partial charge in [0, 0.05) is 23.1 Å². The van der Waals surface area contributed by atoms with E-state index in [2.05, 4.69) is 71.5 Å². The number of rotatable bonds is 6. The van der Waals surface area contributed by atoms with Crippen molar-refractivity contribution in [1.82, 2.24) is 15.2 Å². The summed E-state index contributed by atoms with van der Waals surface area (Å²) < 4.78 is 3.14. The van der Waals surface area contributed by atoms with E-state index in [1.807, 2.05) is 10.9 Å². The number of hydrazine groups is 1. The highest BCUT2D eigenvalue weighted by Gasteiger charge is 2.14. The first-order chi connectivity index (χ1) is 10.0. The summed E-state index contributed by atoms with van der Waals surface area (Å²) in [4.78, 5) is 0. The molecule has 0 saturated carbocycles. The van der Waals surface area contributed by atoms with Crippen LogP contribution in [0.2, 0.25) is 0 Å². The summed E-state index contributed by atoms with van der Waals surface area (Å²) in [7, 11) is 0. The zero-order chi connectivity index (χ0) is 15.4. The smallest absolute Gasteiger partial charge is 0.0644 e. The number of aromatic nitrogens is 2. The van der Waals surface area contributed by atoms with E-state index >= 15 is 0 Å². The molecule has 0 aliphatic rings. The molecule has 0 aliphatic heterocycles. The van der Waals surface area contributed by atoms with Crippen LogP contribution in [-0.2, 0) is 6.42 Å². The second kappa shape index (κ2) is 7.20. The van der Waals surface area contributed by atoms with E-state index < -0.39 is 0 Å². The zero-order valence-corrected chi connectivity index (χ0v) is 14.4. The Labute approximate surface area is 134 Å². The van der Waals surface area contributed by atoms with Crippen LogP contribution in [0.15, 0.2) is 34.9 Å². The lowest BCUT2D eigenvalue weighted by atomic mass is 10.0. The van der Waals surface area contributed by atoms with Gasteiger partial charge in [0.15, 0.2) is 0 Å². The number of nitrogens with one attached hydrogen (secondary N) is 1. The summed E-state index contributed by atoms with van der Waals surface area (Å²) in [5.41, 5.74) is 6.34. The first kappa shape index (κ1) is 16.2. The monoisotopic (exact) mass is 350 g/mol. The van der Waals surface area contributed by atoms with Gasteiger partial charge in [-0.2, -0.15) is 5.10 Å². The van der Waals surface area contributed by atoms with E-state index in [1.54, 1.807) is 0 Å². The van der Waals surface area contributed by atoms with Gasteiger partial charge in [-0.1, -0.05) is 35.0 Å². The lowest BCUT2D eigenvalue weighted by Crippen LogP contribution is -2.29. The highest BCUT2D eigenvalue weighted by molar-refractivity contribution is 9.10. The fourth-order valence-corrected chi connectivity index (χ4v) is 2.53. The van der Waals surface area contributed by atoms with E-state index in [-0.39, 0.29) is 6.04 Å². The number of hydrogen-bond acceptors (Lipinski definition) is 3. The molecule has 1 aromatic heterocycles. The summed E-state index contributed by atoms with van der Waals surface area (Å²) in [6, 6.07) is 8.87. The Kier molecular flexibility index (Phi) is 5.56. The van der Waals surface area contributed by atoms with Crippen LogP contribution in [0.3, 0.4) is 0 Å². The maximum Gasteiger partial charge on any atom is 0.0644 e. The van der Waals surface area contributed by atoms with Crippen LogP contribution in [-0.4, -0.2) is 9.78 Å². The summed E-state index contributed by atoms with van der Waals surface area (Å²) >= 11 is 3.53. The van der Waals surface area contributed by atoms with Crippen molar-refractivity contribution in [2.75, 3.05) is 0 Å². The molecule has 2 atom stereocenters. The molecule has 0 bridgehead atoms. The molecule has 5 heteroatoms. The number of aryl methyl sites for hydroxylation is 1. The predicted molar refractivity (Wildman–Crippen MR) is 89.9 cm³/mol. The van der Waals surface area contributed by atoms with Crippen LogP contribution in [0.4, 0.5) is 0 Å². The number of hydrogen-bond donors (Lipinski definition) is 2. The molecule has 3 N–H and O–H groups in total. The molecule has 0 fully saturated rings. The van der Waals surface area contributed by atoms with Crippen LogP contribution in [0.25, 0.3) is 0 Å². The molecule has 4 nitrogen and oxygen atoms in total. The molecule has 0 radical (unpaired) electrons. The van der Waals surface area contributed by atoms with E-state index in [0.717, 1.165) is 23.0 Å². The van der Waals surface area contributed by atoms with Crippen molar-refractivity contribution >= 4 is 15.9 Å². The average molecular weight is 351 g/mol. The van der Waals surface area contributed by atoms with E-state index in [4.69, 9.17) is 5.84 Å². The molecule has 1 heterocycles. The van der Waals surface area contributed by atoms with Crippen LogP contribution < -0.4 is 11.3 Å². The highest BCUT2D eigenvalue weighted by atomic mass is 79.9. The average Bonchev–Trinajstić information content (AvgIpc) is 2.95. The largest absolute Gasteiger partial charge is 0.271 e. The van der Waals surface area contributed by atoms with Crippen molar-refractivity contribution in [3.8, 4) is 0 Å². The van der Waals surface area contributed by atoms with Crippen molar-refractivity contribution in [3.63, 3.8) is 0 Å². The molecule has 0 aliphatic carbocycles. The lowest BCUT2D eigenvalue weighted by molar-refractivity contribution is 0.467. The molecule has 21 heavy (non-hydrogen) atoms. The third-order valence-corrected chi connectivity index (χ3v) is 4.79. The Bertz CT molecular complexity index is 594. The molecule has 2 aromatic rings. The van der Waals surface area contributed by atoms with Crippen molar-refractivity contribution in [3.05, 3.63) is 51.8 Å². The molecule has 114 valence electrons. The van der Waals surface area contributed by atoms with E-state index in [9.17, 15) is 0 Å². The summed E-state index contributed by atoms with van der Waals surface area (Å²) in [6.45, 7) is 6.42. The van der Waals surface area contributed by atoms with Gasteiger partial charge in [0.05, 0.1) is 11.7 Å². The van der Waals surface area contributed by atoms with Gasteiger partial charge >= 0.3 is 0 Å². The molecule has 2 rings (SSSR count). The molecule has 0 saturated heterocycles. The first-order valence-electron chi connectivity index (χ1n) is 7.31. The Balaban J connectivity index is 2.15. The number of halogens is 1. The van der Waals surface area contributed by atoms with Crippen LogP contribution in [0.1, 0.15) is 49.2 Å². The van der Waals surface area contributed by atoms with Crippen LogP contribution in [0.5, 0.6) is 0 Å². The number of nitrogens with two attached hydrogens (primary N) is 1. The van der Waals surface area contributed by atoms with Crippen LogP contribution >= 0.6 is 15.9 Å². The maximum atomic E-state index is 5.74. The minimum Gasteiger partial charge on any atom is -0.271 e. The predicted octanol–water partition coefficient (Wildman–Crippen LogP) is 3.67. The second-order valence-corrected chi connectivity index (χ2v) is 6.33. The molecule has 0 amide bonds. The Hall–Kier alpha value is -1.17. The molecule has 0 spiro atoms. The van der Waals surface area contributed by atoms with Crippen molar-refractivity contribution in [1.29, 1.82) is 0 Å². The fourth-order valence-electron chi connectivity index (χ4n) is 2.29. The standard InChI is InChI=1S/C16H23BrN4/c1-4-12(3)21-8-7-14(20-21)10-16(19-18)13-5-6-15(17)11(2)9-13/h5-9,12,16,19H,4,10,18H2,1-3H3. The highest BCUT2D eigenvalue weighted by Crippen LogP contribution is 2.23. The molecule has 2 unspecified atom stereocenters. The van der Waals surface area contributed by atoms with E-state index in [0.29, 0.717) is 6.04 Å². The quantitative estimate of drug-likeness (QED) is 0.617. The molecular weight excluding hydrogens is 328 g/mol. The first-order valence-corrected chi connectivity index (χ1v) is 8.10. The van der Waals surface area contributed by atoms with E-state index in [1.165, 1.54) is 11.1 Å². The third-order valence-electron chi connectivity index (χ3n) is 3.90. The lowest BCUT2D eigenvalue weighted by Gasteiger charge is -2.16. The SMILES string of the molecule is CCC(C)n1ccc(CC(NN)c2ccc(Br)c(C)c2)n1. The molecule has 1 aromatic carbocycles. The van der Waals surface area contributed by atoms with Crippen molar-refractivity contribution in [2.45, 2.75) is 45.7 Å². The minimum atomic E-state index is 0.0667. The summed E-state index contributed by atoms with van der Waals surface area (Å²) in [5.74, 6) is 5.74. The Morgan fingerprint density at radius 3 is 2.76 bits per heavy atom. The summed E-state index contributed by atoms with van der Waals surface area (Å²) in [6.07, 6.45) is 3.90. The van der Waals surface area contributed by atoms with Gasteiger partial charge in [-0.05, 0) is 43.5 Å². The summed E-state index contributed by atoms with van der Waals surface area (Å²) in [5, 5.41) is 4.65. The number of benzene rings is 1. The van der Waals surface area contributed by atoms with Gasteiger partial charge in [0.1, 0.15) is 0 Å². The molecular formula is C16H23BrN4. The van der Waals surface area contributed by atoms with Gasteiger partial charge in [0.2, 0.25) is 0 Å². The normalized spacial score (nSPS) is 14.1. The maximum absolute atomic E-state index is 5.74. The van der Waals surface area contributed by atoms with Gasteiger partial charge in [-0.3, -0.25) is 16.0 Å². The van der Waals surface area contributed by atoms with Crippen LogP contribution in [0, 0.1) is 6.92 Å². The second-order valence-electron chi connectivity index (χ2n) is 5.48. The Morgan fingerprint density at radius 2 is 2.14 bits per heavy atom. The van der Waals surface area contributed by atoms with Gasteiger partial charge in [-0.15, -0.1) is 0 Å². The van der Waals surface area contributed by atoms with Crippen molar-refractivity contribution in [2.24, 2.45) is 5.84 Å². The Morgan fingerprint density at radius 1 is 1.38 bits per heavy atom. The zero-order valence-electron chi connectivity index (χ0n) is 12.8. The number of nitrogens with zero attached hydrogens (tertiary/aromatic N) is 2. The van der Waals surface area contributed by atoms with Gasteiger partial charge in [0.25, 0.3) is 0 Å². The third kappa shape index (κ3) is 3.93.